The predicted octanol–water partition coefficient (Wildman–Crippen LogP) is 3.81. The van der Waals surface area contributed by atoms with Crippen LogP contribution in [-0.4, -0.2) is 7.05 Å². The Morgan fingerprint density at radius 1 is 1.10 bits per heavy atom. The molecule has 0 aromatic heterocycles. The second-order valence-electron chi connectivity index (χ2n) is 5.73. The summed E-state index contributed by atoms with van der Waals surface area (Å²) in [5, 5.41) is 3.32. The Hall–Kier alpha value is -1.67. The highest BCUT2D eigenvalue weighted by atomic mass is 19.1. The lowest BCUT2D eigenvalue weighted by atomic mass is 9.89. The van der Waals surface area contributed by atoms with E-state index in [0.29, 0.717) is 5.92 Å². The van der Waals surface area contributed by atoms with E-state index >= 15 is 0 Å². The van der Waals surface area contributed by atoms with E-state index in [-0.39, 0.29) is 11.9 Å². The predicted molar refractivity (Wildman–Crippen MR) is 80.3 cm³/mol. The first-order valence-electron chi connectivity index (χ1n) is 7.19. The zero-order chi connectivity index (χ0) is 14.1. The topological polar surface area (TPSA) is 12.0 Å². The molecule has 1 aliphatic carbocycles. The average molecular weight is 269 g/mol. The Morgan fingerprint density at radius 3 is 2.35 bits per heavy atom. The van der Waals surface area contributed by atoms with Crippen molar-refractivity contribution in [3.63, 3.8) is 0 Å². The molecule has 1 nitrogen and oxygen atoms in total. The summed E-state index contributed by atoms with van der Waals surface area (Å²) in [5.41, 5.74) is 4.72. The van der Waals surface area contributed by atoms with Gasteiger partial charge >= 0.3 is 0 Å². The quantitative estimate of drug-likeness (QED) is 0.893. The highest BCUT2D eigenvalue weighted by Crippen LogP contribution is 2.36. The van der Waals surface area contributed by atoms with Crippen LogP contribution in [-0.2, 0) is 12.8 Å². The molecule has 0 saturated heterocycles. The Balaban J connectivity index is 1.91. The van der Waals surface area contributed by atoms with E-state index in [2.05, 4.69) is 29.6 Å². The molecule has 20 heavy (non-hydrogen) atoms. The van der Waals surface area contributed by atoms with E-state index in [1.54, 1.807) is 6.07 Å². The normalized spacial score (nSPS) is 16.1. The Bertz CT molecular complexity index is 596. The maximum Gasteiger partial charge on any atom is 0.128 e. The Morgan fingerprint density at radius 2 is 1.75 bits per heavy atom. The fourth-order valence-corrected chi connectivity index (χ4v) is 3.38. The SMILES string of the molecule is CNC(c1cc(C)ccc1F)C1Cc2ccccc2C1. The molecule has 1 aliphatic rings. The fraction of sp³-hybridized carbons (Fsp3) is 0.333. The van der Waals surface area contributed by atoms with Gasteiger partial charge in [0.1, 0.15) is 5.82 Å². The first-order valence-corrected chi connectivity index (χ1v) is 7.19. The van der Waals surface area contributed by atoms with Crippen LogP contribution < -0.4 is 5.32 Å². The van der Waals surface area contributed by atoms with Crippen LogP contribution in [0.15, 0.2) is 42.5 Å². The molecule has 0 radical (unpaired) electrons. The van der Waals surface area contributed by atoms with Gasteiger partial charge in [0.25, 0.3) is 0 Å². The summed E-state index contributed by atoms with van der Waals surface area (Å²) < 4.78 is 14.1. The van der Waals surface area contributed by atoms with Gasteiger partial charge in [0.05, 0.1) is 0 Å². The summed E-state index contributed by atoms with van der Waals surface area (Å²) in [5.74, 6) is 0.319. The maximum atomic E-state index is 14.1. The summed E-state index contributed by atoms with van der Waals surface area (Å²) in [6, 6.07) is 14.0. The number of aryl methyl sites for hydroxylation is 1. The van der Waals surface area contributed by atoms with E-state index < -0.39 is 0 Å². The Labute approximate surface area is 119 Å². The summed E-state index contributed by atoms with van der Waals surface area (Å²) in [7, 11) is 1.93. The van der Waals surface area contributed by atoms with Crippen LogP contribution in [0.5, 0.6) is 0 Å². The van der Waals surface area contributed by atoms with Crippen molar-refractivity contribution in [1.82, 2.24) is 5.32 Å². The minimum Gasteiger partial charge on any atom is -0.313 e. The van der Waals surface area contributed by atoms with E-state index in [0.717, 1.165) is 24.0 Å². The molecule has 1 atom stereocenters. The molecule has 1 unspecified atom stereocenters. The standard InChI is InChI=1S/C18H20FN/c1-12-7-8-17(19)16(9-12)18(20-2)15-10-13-5-3-4-6-14(13)11-15/h3-9,15,18,20H,10-11H2,1-2H3. The highest BCUT2D eigenvalue weighted by molar-refractivity contribution is 5.35. The minimum absolute atomic E-state index is 0.0716. The third kappa shape index (κ3) is 2.36. The molecular formula is C18H20FN. The van der Waals surface area contributed by atoms with Crippen molar-refractivity contribution in [2.24, 2.45) is 5.92 Å². The molecule has 1 N–H and O–H groups in total. The number of fused-ring (bicyclic) bond motifs is 1. The van der Waals surface area contributed by atoms with Gasteiger partial charge in [0.15, 0.2) is 0 Å². The number of benzene rings is 2. The second kappa shape index (κ2) is 5.37. The van der Waals surface area contributed by atoms with Crippen LogP contribution in [0.1, 0.15) is 28.3 Å². The van der Waals surface area contributed by atoms with E-state index in [4.69, 9.17) is 0 Å². The maximum absolute atomic E-state index is 14.1. The van der Waals surface area contributed by atoms with Gasteiger partial charge in [-0.05, 0) is 49.9 Å². The molecular weight excluding hydrogens is 249 g/mol. The average Bonchev–Trinajstić information content (AvgIpc) is 2.87. The largest absolute Gasteiger partial charge is 0.313 e. The molecule has 0 heterocycles. The van der Waals surface area contributed by atoms with Crippen molar-refractivity contribution in [3.05, 3.63) is 70.5 Å². The van der Waals surface area contributed by atoms with Gasteiger partial charge in [0, 0.05) is 11.6 Å². The van der Waals surface area contributed by atoms with Gasteiger partial charge < -0.3 is 5.32 Å². The second-order valence-corrected chi connectivity index (χ2v) is 5.73. The third-order valence-electron chi connectivity index (χ3n) is 4.35. The first-order chi connectivity index (χ1) is 9.69. The van der Waals surface area contributed by atoms with E-state index in [1.807, 2.05) is 26.1 Å². The monoisotopic (exact) mass is 269 g/mol. The van der Waals surface area contributed by atoms with Crippen molar-refractivity contribution in [3.8, 4) is 0 Å². The van der Waals surface area contributed by atoms with E-state index in [9.17, 15) is 4.39 Å². The molecule has 2 heteroatoms. The number of nitrogens with one attached hydrogen (secondary N) is 1. The van der Waals surface area contributed by atoms with Crippen LogP contribution in [0.2, 0.25) is 0 Å². The molecule has 0 bridgehead atoms. The lowest BCUT2D eigenvalue weighted by Gasteiger charge is -2.24. The van der Waals surface area contributed by atoms with Gasteiger partial charge in [-0.3, -0.25) is 0 Å². The molecule has 0 amide bonds. The van der Waals surface area contributed by atoms with Crippen LogP contribution in [0, 0.1) is 18.7 Å². The smallest absolute Gasteiger partial charge is 0.128 e. The summed E-state index contributed by atoms with van der Waals surface area (Å²) in [4.78, 5) is 0. The lowest BCUT2D eigenvalue weighted by Crippen LogP contribution is -2.26. The zero-order valence-electron chi connectivity index (χ0n) is 12.0. The van der Waals surface area contributed by atoms with Crippen LogP contribution in [0.25, 0.3) is 0 Å². The van der Waals surface area contributed by atoms with Crippen LogP contribution in [0.4, 0.5) is 4.39 Å². The number of hydrogen-bond donors (Lipinski definition) is 1. The minimum atomic E-state index is -0.106. The number of hydrogen-bond acceptors (Lipinski definition) is 1. The molecule has 3 rings (SSSR count). The molecule has 104 valence electrons. The Kier molecular flexibility index (Phi) is 3.58. The number of rotatable bonds is 3. The van der Waals surface area contributed by atoms with Crippen molar-refractivity contribution in [1.29, 1.82) is 0 Å². The van der Waals surface area contributed by atoms with Gasteiger partial charge in [-0.15, -0.1) is 0 Å². The van der Waals surface area contributed by atoms with Crippen LogP contribution in [0.3, 0.4) is 0 Å². The summed E-state index contributed by atoms with van der Waals surface area (Å²) in [6.07, 6.45) is 2.05. The van der Waals surface area contributed by atoms with Crippen molar-refractivity contribution >= 4 is 0 Å². The molecule has 2 aromatic carbocycles. The molecule has 2 aromatic rings. The van der Waals surface area contributed by atoms with Gasteiger partial charge in [0.2, 0.25) is 0 Å². The lowest BCUT2D eigenvalue weighted by molar-refractivity contribution is 0.384. The van der Waals surface area contributed by atoms with Crippen molar-refractivity contribution in [2.75, 3.05) is 7.05 Å². The first kappa shape index (κ1) is 13.3. The van der Waals surface area contributed by atoms with Crippen LogP contribution >= 0.6 is 0 Å². The fourth-order valence-electron chi connectivity index (χ4n) is 3.38. The molecule has 0 saturated carbocycles. The van der Waals surface area contributed by atoms with Crippen molar-refractivity contribution in [2.45, 2.75) is 25.8 Å². The van der Waals surface area contributed by atoms with Gasteiger partial charge in [-0.25, -0.2) is 4.39 Å². The molecule has 0 fully saturated rings. The van der Waals surface area contributed by atoms with Crippen molar-refractivity contribution < 1.29 is 4.39 Å². The molecule has 0 aliphatic heterocycles. The number of halogens is 1. The van der Waals surface area contributed by atoms with E-state index in [1.165, 1.54) is 11.1 Å². The zero-order valence-corrected chi connectivity index (χ0v) is 12.0. The third-order valence-corrected chi connectivity index (χ3v) is 4.35. The molecule has 0 spiro atoms. The summed E-state index contributed by atoms with van der Waals surface area (Å²) in [6.45, 7) is 2.01. The van der Waals surface area contributed by atoms with Gasteiger partial charge in [-0.1, -0.05) is 42.0 Å². The summed E-state index contributed by atoms with van der Waals surface area (Å²) >= 11 is 0. The van der Waals surface area contributed by atoms with Gasteiger partial charge in [-0.2, -0.15) is 0 Å². The highest BCUT2D eigenvalue weighted by Gasteiger charge is 2.30.